The quantitative estimate of drug-likeness (QED) is 0.254. The SMILES string of the molecule is Cn1nncc1Cn1c(CN2CCC(c3cccc(OCc4ccc(Cl)cc4F)n3)CC2)nc2ccc(C(=O)O)cc21. The van der Waals surface area contributed by atoms with E-state index in [1.807, 2.05) is 19.2 Å². The first-order valence-corrected chi connectivity index (χ1v) is 14.0. The number of hydrogen-bond acceptors (Lipinski definition) is 7. The van der Waals surface area contributed by atoms with Gasteiger partial charge in [0.25, 0.3) is 0 Å². The van der Waals surface area contributed by atoms with Crippen molar-refractivity contribution in [3.05, 3.63) is 100.0 Å². The van der Waals surface area contributed by atoms with E-state index in [0.29, 0.717) is 29.6 Å². The van der Waals surface area contributed by atoms with E-state index in [0.717, 1.165) is 54.2 Å². The molecule has 0 radical (unpaired) electrons. The predicted octanol–water partition coefficient (Wildman–Crippen LogP) is 5.06. The molecule has 12 heteroatoms. The molecule has 1 aliphatic heterocycles. The van der Waals surface area contributed by atoms with Gasteiger partial charge in [-0.1, -0.05) is 28.9 Å². The minimum absolute atomic E-state index is 0.0712. The number of pyridine rings is 1. The Morgan fingerprint density at radius 3 is 2.67 bits per heavy atom. The summed E-state index contributed by atoms with van der Waals surface area (Å²) in [4.78, 5) is 23.6. The number of halogens is 2. The van der Waals surface area contributed by atoms with Crippen LogP contribution < -0.4 is 4.74 Å². The Hall–Kier alpha value is -4.35. The number of aryl methyl sites for hydroxylation is 1. The van der Waals surface area contributed by atoms with Gasteiger partial charge >= 0.3 is 5.97 Å². The first-order chi connectivity index (χ1) is 20.3. The molecule has 4 heterocycles. The second kappa shape index (κ2) is 11.9. The van der Waals surface area contributed by atoms with Crippen molar-refractivity contribution in [3.8, 4) is 5.88 Å². The topological polar surface area (TPSA) is 111 Å². The van der Waals surface area contributed by atoms with Crippen molar-refractivity contribution in [2.45, 2.75) is 38.5 Å². The molecular formula is C30H29ClFN7O3. The molecule has 10 nitrogen and oxygen atoms in total. The van der Waals surface area contributed by atoms with Crippen LogP contribution in [0.3, 0.4) is 0 Å². The van der Waals surface area contributed by atoms with Gasteiger partial charge in [-0.05, 0) is 62.3 Å². The summed E-state index contributed by atoms with van der Waals surface area (Å²) in [6.07, 6.45) is 3.54. The van der Waals surface area contributed by atoms with Crippen molar-refractivity contribution in [3.63, 3.8) is 0 Å². The Balaban J connectivity index is 1.14. The zero-order valence-corrected chi connectivity index (χ0v) is 23.7. The van der Waals surface area contributed by atoms with Crippen molar-refractivity contribution in [1.29, 1.82) is 0 Å². The van der Waals surface area contributed by atoms with Gasteiger partial charge in [-0.15, -0.1) is 5.10 Å². The zero-order valence-electron chi connectivity index (χ0n) is 23.0. The van der Waals surface area contributed by atoms with Gasteiger partial charge in [-0.3, -0.25) is 9.58 Å². The highest BCUT2D eigenvalue weighted by molar-refractivity contribution is 6.30. The van der Waals surface area contributed by atoms with E-state index < -0.39 is 11.8 Å². The van der Waals surface area contributed by atoms with E-state index in [9.17, 15) is 14.3 Å². The molecule has 42 heavy (non-hydrogen) atoms. The second-order valence-electron chi connectivity index (χ2n) is 10.4. The first-order valence-electron chi connectivity index (χ1n) is 13.7. The van der Waals surface area contributed by atoms with E-state index in [-0.39, 0.29) is 18.1 Å². The summed E-state index contributed by atoms with van der Waals surface area (Å²) in [6.45, 7) is 2.88. The van der Waals surface area contributed by atoms with Crippen LogP contribution in [-0.2, 0) is 26.7 Å². The Kier molecular flexibility index (Phi) is 7.86. The molecule has 6 rings (SSSR count). The Labute approximate surface area is 246 Å². The van der Waals surface area contributed by atoms with Gasteiger partial charge in [-0.2, -0.15) is 0 Å². The van der Waals surface area contributed by atoms with Gasteiger partial charge in [0.2, 0.25) is 5.88 Å². The molecule has 1 aliphatic rings. The van der Waals surface area contributed by atoms with Crippen LogP contribution in [-0.4, -0.2) is 58.6 Å². The average molecular weight is 590 g/mol. The van der Waals surface area contributed by atoms with Crippen LogP contribution in [0.5, 0.6) is 5.88 Å². The lowest BCUT2D eigenvalue weighted by Gasteiger charge is -2.31. The number of hydrogen-bond donors (Lipinski definition) is 1. The Morgan fingerprint density at radius 2 is 1.93 bits per heavy atom. The smallest absolute Gasteiger partial charge is 0.335 e. The normalized spacial score (nSPS) is 14.5. The molecule has 0 unspecified atom stereocenters. The van der Waals surface area contributed by atoms with Gasteiger partial charge < -0.3 is 14.4 Å². The van der Waals surface area contributed by atoms with E-state index >= 15 is 0 Å². The molecule has 3 aromatic heterocycles. The molecule has 0 aliphatic carbocycles. The molecule has 1 fully saturated rings. The number of benzene rings is 2. The number of fused-ring (bicyclic) bond motifs is 1. The van der Waals surface area contributed by atoms with Crippen LogP contribution in [0.1, 0.15) is 51.9 Å². The van der Waals surface area contributed by atoms with Crippen LogP contribution in [0.15, 0.2) is 60.8 Å². The number of piperidine rings is 1. The number of likely N-dealkylation sites (tertiary alicyclic amines) is 1. The van der Waals surface area contributed by atoms with Crippen molar-refractivity contribution in [1.82, 2.24) is 34.4 Å². The maximum absolute atomic E-state index is 14.1. The second-order valence-corrected chi connectivity index (χ2v) is 10.9. The molecule has 1 saturated heterocycles. The number of carbonyl (C=O) groups is 1. The predicted molar refractivity (Wildman–Crippen MR) is 154 cm³/mol. The lowest BCUT2D eigenvalue weighted by Crippen LogP contribution is -2.33. The summed E-state index contributed by atoms with van der Waals surface area (Å²) in [5.74, 6) is 0.211. The van der Waals surface area contributed by atoms with Crippen LogP contribution in [0.25, 0.3) is 11.0 Å². The number of imidazole rings is 1. The lowest BCUT2D eigenvalue weighted by atomic mass is 9.93. The van der Waals surface area contributed by atoms with E-state index in [1.54, 1.807) is 47.3 Å². The van der Waals surface area contributed by atoms with Crippen molar-refractivity contribution < 1.29 is 19.0 Å². The molecule has 0 spiro atoms. The molecular weight excluding hydrogens is 561 g/mol. The minimum Gasteiger partial charge on any atom is -0.478 e. The summed E-state index contributed by atoms with van der Waals surface area (Å²) in [6, 6.07) is 15.3. The van der Waals surface area contributed by atoms with Gasteiger partial charge in [0.05, 0.1) is 41.6 Å². The fraction of sp³-hybridized carbons (Fsp3) is 0.300. The highest BCUT2D eigenvalue weighted by Gasteiger charge is 2.24. The van der Waals surface area contributed by atoms with Gasteiger partial charge in [0.1, 0.15) is 18.2 Å². The molecule has 0 amide bonds. The number of ether oxygens (including phenoxy) is 1. The summed E-state index contributed by atoms with van der Waals surface area (Å²) in [7, 11) is 1.83. The molecule has 0 bridgehead atoms. The third kappa shape index (κ3) is 5.97. The van der Waals surface area contributed by atoms with Crippen LogP contribution >= 0.6 is 11.6 Å². The number of rotatable bonds is 9. The maximum atomic E-state index is 14.1. The summed E-state index contributed by atoms with van der Waals surface area (Å²) < 4.78 is 23.7. The minimum atomic E-state index is -0.976. The van der Waals surface area contributed by atoms with Crippen LogP contribution in [0, 0.1) is 5.82 Å². The Bertz CT molecular complexity index is 1750. The number of carboxylic acid groups (broad SMARTS) is 1. The van der Waals surface area contributed by atoms with Gasteiger partial charge in [-0.25, -0.2) is 19.2 Å². The third-order valence-corrected chi connectivity index (χ3v) is 7.94. The van der Waals surface area contributed by atoms with Gasteiger partial charge in [0.15, 0.2) is 0 Å². The highest BCUT2D eigenvalue weighted by Crippen LogP contribution is 2.30. The molecule has 5 aromatic rings. The summed E-state index contributed by atoms with van der Waals surface area (Å²) in [5.41, 5.74) is 4.00. The monoisotopic (exact) mass is 589 g/mol. The maximum Gasteiger partial charge on any atom is 0.335 e. The third-order valence-electron chi connectivity index (χ3n) is 7.71. The van der Waals surface area contributed by atoms with E-state index in [2.05, 4.69) is 19.8 Å². The largest absolute Gasteiger partial charge is 0.478 e. The van der Waals surface area contributed by atoms with Crippen molar-refractivity contribution >= 4 is 28.6 Å². The molecule has 0 atom stereocenters. The average Bonchev–Trinajstić information content (AvgIpc) is 3.55. The fourth-order valence-electron chi connectivity index (χ4n) is 5.33. The van der Waals surface area contributed by atoms with Crippen molar-refractivity contribution in [2.75, 3.05) is 13.1 Å². The molecule has 2 aromatic carbocycles. The zero-order chi connectivity index (χ0) is 29.2. The van der Waals surface area contributed by atoms with E-state index in [4.69, 9.17) is 26.3 Å². The number of carboxylic acids is 1. The number of aromatic carboxylic acids is 1. The van der Waals surface area contributed by atoms with Crippen molar-refractivity contribution in [2.24, 2.45) is 7.05 Å². The highest BCUT2D eigenvalue weighted by atomic mass is 35.5. The van der Waals surface area contributed by atoms with Gasteiger partial charge in [0, 0.05) is 35.3 Å². The number of nitrogens with zero attached hydrogens (tertiary/aromatic N) is 7. The fourth-order valence-corrected chi connectivity index (χ4v) is 5.49. The van der Waals surface area contributed by atoms with Crippen LogP contribution in [0.2, 0.25) is 5.02 Å². The summed E-state index contributed by atoms with van der Waals surface area (Å²) in [5, 5.41) is 17.9. The molecule has 0 saturated carbocycles. The van der Waals surface area contributed by atoms with Crippen LogP contribution in [0.4, 0.5) is 4.39 Å². The number of aromatic nitrogens is 6. The molecule has 1 N–H and O–H groups in total. The first kappa shape index (κ1) is 27.8. The van der Waals surface area contributed by atoms with E-state index in [1.165, 1.54) is 6.07 Å². The molecule has 216 valence electrons. The lowest BCUT2D eigenvalue weighted by molar-refractivity contribution is 0.0697. The standard InChI is InChI=1S/C30H29ClFN7O3/c1-37-23(15-33-36-37)16-39-27-13-20(30(40)41)6-8-26(27)34-28(39)17-38-11-9-19(10-12-38)25-3-2-4-29(35-25)42-18-21-5-7-22(31)14-24(21)32/h2-8,13-15,19H,9-12,16-18H2,1H3,(H,40,41). The Morgan fingerprint density at radius 1 is 1.10 bits per heavy atom. The summed E-state index contributed by atoms with van der Waals surface area (Å²) >= 11 is 5.85.